The van der Waals surface area contributed by atoms with Gasteiger partial charge in [-0.15, -0.1) is 0 Å². The molecule has 0 N–H and O–H groups in total. The Morgan fingerprint density at radius 1 is 1.38 bits per heavy atom. The average Bonchev–Trinajstić information content (AvgIpc) is 2.68. The molecule has 0 saturated heterocycles. The maximum absolute atomic E-state index is 11.4. The molecule has 90 valence electrons. The molecule has 0 aliphatic heterocycles. The fraction of sp³-hybridized carbons (Fsp3) is 0.667. The first-order chi connectivity index (χ1) is 7.50. The normalized spacial score (nSPS) is 11.4. The Kier molecular flexibility index (Phi) is 4.52. The van der Waals surface area contributed by atoms with E-state index in [0.29, 0.717) is 6.61 Å². The molecule has 1 aromatic heterocycles. The van der Waals surface area contributed by atoms with E-state index in [4.69, 9.17) is 4.74 Å². The minimum atomic E-state index is -0.398. The van der Waals surface area contributed by atoms with Crippen molar-refractivity contribution in [2.24, 2.45) is 5.41 Å². The molecule has 16 heavy (non-hydrogen) atoms. The molecule has 0 fully saturated rings. The lowest BCUT2D eigenvalue weighted by Gasteiger charge is -2.16. The van der Waals surface area contributed by atoms with Gasteiger partial charge in [0.05, 0.1) is 18.3 Å². The standard InChI is InChI=1S/C12H20N2O2/c1-12(2,3)11(15)16-9-5-4-7-14-8-6-13-10-14/h6,8,10H,4-5,7,9H2,1-3H3. The summed E-state index contributed by atoms with van der Waals surface area (Å²) in [7, 11) is 0. The van der Waals surface area contributed by atoms with E-state index >= 15 is 0 Å². The Balaban J connectivity index is 2.06. The molecule has 0 saturated carbocycles. The molecule has 0 bridgehead atoms. The second-order valence-electron chi connectivity index (χ2n) is 4.89. The number of nitrogens with zero attached hydrogens (tertiary/aromatic N) is 2. The Labute approximate surface area is 96.6 Å². The zero-order chi connectivity index (χ0) is 12.0. The van der Waals surface area contributed by atoms with Crippen molar-refractivity contribution in [2.75, 3.05) is 6.61 Å². The number of ether oxygens (including phenoxy) is 1. The Hall–Kier alpha value is -1.32. The maximum atomic E-state index is 11.4. The molecule has 0 unspecified atom stereocenters. The summed E-state index contributed by atoms with van der Waals surface area (Å²) in [6.45, 7) is 7.01. The number of carbonyl (C=O) groups is 1. The van der Waals surface area contributed by atoms with E-state index in [1.807, 2.05) is 31.5 Å². The van der Waals surface area contributed by atoms with Gasteiger partial charge in [0.25, 0.3) is 0 Å². The summed E-state index contributed by atoms with van der Waals surface area (Å²) in [5, 5.41) is 0. The molecule has 0 aliphatic rings. The number of carbonyl (C=O) groups excluding carboxylic acids is 1. The molecule has 0 aromatic carbocycles. The largest absolute Gasteiger partial charge is 0.465 e. The molecule has 0 aliphatic carbocycles. The molecule has 1 heterocycles. The van der Waals surface area contributed by atoms with Crippen LogP contribution >= 0.6 is 0 Å². The number of hydrogen-bond donors (Lipinski definition) is 0. The van der Waals surface area contributed by atoms with Gasteiger partial charge in [-0.3, -0.25) is 4.79 Å². The van der Waals surface area contributed by atoms with Gasteiger partial charge < -0.3 is 9.30 Å². The highest BCUT2D eigenvalue weighted by atomic mass is 16.5. The third-order valence-electron chi connectivity index (χ3n) is 2.22. The van der Waals surface area contributed by atoms with Crippen LogP contribution in [-0.2, 0) is 16.1 Å². The van der Waals surface area contributed by atoms with E-state index in [1.54, 1.807) is 12.5 Å². The van der Waals surface area contributed by atoms with Crippen molar-refractivity contribution in [3.8, 4) is 0 Å². The van der Waals surface area contributed by atoms with Crippen LogP contribution in [0.2, 0.25) is 0 Å². The average molecular weight is 224 g/mol. The number of esters is 1. The van der Waals surface area contributed by atoms with Gasteiger partial charge in [0, 0.05) is 18.9 Å². The van der Waals surface area contributed by atoms with E-state index in [-0.39, 0.29) is 5.97 Å². The van der Waals surface area contributed by atoms with E-state index < -0.39 is 5.41 Å². The van der Waals surface area contributed by atoms with Crippen molar-refractivity contribution in [3.63, 3.8) is 0 Å². The van der Waals surface area contributed by atoms with Crippen molar-refractivity contribution < 1.29 is 9.53 Å². The van der Waals surface area contributed by atoms with Gasteiger partial charge >= 0.3 is 5.97 Å². The van der Waals surface area contributed by atoms with Gasteiger partial charge in [-0.05, 0) is 33.6 Å². The highest BCUT2D eigenvalue weighted by Crippen LogP contribution is 2.15. The van der Waals surface area contributed by atoms with Crippen LogP contribution in [0.3, 0.4) is 0 Å². The fourth-order valence-corrected chi connectivity index (χ4v) is 1.20. The number of rotatable bonds is 5. The highest BCUT2D eigenvalue weighted by Gasteiger charge is 2.22. The lowest BCUT2D eigenvalue weighted by Crippen LogP contribution is -2.23. The molecule has 1 rings (SSSR count). The van der Waals surface area contributed by atoms with Crippen LogP contribution in [0.4, 0.5) is 0 Å². The monoisotopic (exact) mass is 224 g/mol. The summed E-state index contributed by atoms with van der Waals surface area (Å²) in [5.41, 5.74) is -0.398. The van der Waals surface area contributed by atoms with E-state index in [9.17, 15) is 4.79 Å². The maximum Gasteiger partial charge on any atom is 0.311 e. The number of unbranched alkanes of at least 4 members (excludes halogenated alkanes) is 1. The van der Waals surface area contributed by atoms with E-state index in [0.717, 1.165) is 19.4 Å². The van der Waals surface area contributed by atoms with Crippen LogP contribution in [0.25, 0.3) is 0 Å². The molecule has 0 spiro atoms. The molecule has 0 atom stereocenters. The fourth-order valence-electron chi connectivity index (χ4n) is 1.20. The quantitative estimate of drug-likeness (QED) is 0.569. The van der Waals surface area contributed by atoms with E-state index in [1.165, 1.54) is 0 Å². The van der Waals surface area contributed by atoms with Crippen LogP contribution in [0.15, 0.2) is 18.7 Å². The van der Waals surface area contributed by atoms with Crippen LogP contribution in [0.5, 0.6) is 0 Å². The predicted molar refractivity (Wildman–Crippen MR) is 61.9 cm³/mol. The first-order valence-electron chi connectivity index (χ1n) is 5.63. The summed E-state index contributed by atoms with van der Waals surface area (Å²) >= 11 is 0. The SMILES string of the molecule is CC(C)(C)C(=O)OCCCCn1ccnc1. The number of hydrogen-bond acceptors (Lipinski definition) is 3. The smallest absolute Gasteiger partial charge is 0.311 e. The van der Waals surface area contributed by atoms with Crippen molar-refractivity contribution in [3.05, 3.63) is 18.7 Å². The van der Waals surface area contributed by atoms with Gasteiger partial charge in [0.15, 0.2) is 0 Å². The highest BCUT2D eigenvalue weighted by molar-refractivity contribution is 5.75. The van der Waals surface area contributed by atoms with Gasteiger partial charge in [0.1, 0.15) is 0 Å². The first kappa shape index (κ1) is 12.7. The Morgan fingerprint density at radius 2 is 2.12 bits per heavy atom. The summed E-state index contributed by atoms with van der Waals surface area (Å²) in [6, 6.07) is 0. The molecule has 0 radical (unpaired) electrons. The second kappa shape index (κ2) is 5.68. The second-order valence-corrected chi connectivity index (χ2v) is 4.89. The lowest BCUT2D eigenvalue weighted by molar-refractivity contribution is -0.153. The lowest BCUT2D eigenvalue weighted by atomic mass is 9.97. The number of aryl methyl sites for hydroxylation is 1. The van der Waals surface area contributed by atoms with Gasteiger partial charge in [-0.2, -0.15) is 0 Å². The summed E-state index contributed by atoms with van der Waals surface area (Å²) in [6.07, 6.45) is 7.37. The molecule has 1 aromatic rings. The van der Waals surface area contributed by atoms with Crippen LogP contribution < -0.4 is 0 Å². The van der Waals surface area contributed by atoms with Crippen molar-refractivity contribution in [1.82, 2.24) is 9.55 Å². The summed E-state index contributed by atoms with van der Waals surface area (Å²) in [5.74, 6) is -0.130. The minimum Gasteiger partial charge on any atom is -0.465 e. The Morgan fingerprint density at radius 3 is 2.69 bits per heavy atom. The van der Waals surface area contributed by atoms with Crippen LogP contribution in [0.1, 0.15) is 33.6 Å². The van der Waals surface area contributed by atoms with Crippen molar-refractivity contribution in [1.29, 1.82) is 0 Å². The predicted octanol–water partition coefficient (Wildman–Crippen LogP) is 2.25. The molecular formula is C12H20N2O2. The van der Waals surface area contributed by atoms with Crippen molar-refractivity contribution >= 4 is 5.97 Å². The molecule has 4 heteroatoms. The number of aromatic nitrogens is 2. The van der Waals surface area contributed by atoms with Gasteiger partial charge in [-0.25, -0.2) is 4.98 Å². The third kappa shape index (κ3) is 4.47. The first-order valence-corrected chi connectivity index (χ1v) is 5.63. The van der Waals surface area contributed by atoms with Crippen LogP contribution in [-0.4, -0.2) is 22.1 Å². The molecule has 0 amide bonds. The van der Waals surface area contributed by atoms with Crippen LogP contribution in [0, 0.1) is 5.41 Å². The molecule has 4 nitrogen and oxygen atoms in total. The van der Waals surface area contributed by atoms with Crippen molar-refractivity contribution in [2.45, 2.75) is 40.2 Å². The summed E-state index contributed by atoms with van der Waals surface area (Å²) < 4.78 is 7.18. The third-order valence-corrected chi connectivity index (χ3v) is 2.22. The number of imidazole rings is 1. The van der Waals surface area contributed by atoms with Gasteiger partial charge in [0.2, 0.25) is 0 Å². The van der Waals surface area contributed by atoms with Gasteiger partial charge in [-0.1, -0.05) is 0 Å². The Bertz CT molecular complexity index is 312. The topological polar surface area (TPSA) is 44.1 Å². The minimum absolute atomic E-state index is 0.130. The van der Waals surface area contributed by atoms with E-state index in [2.05, 4.69) is 4.98 Å². The molecular weight excluding hydrogens is 204 g/mol. The zero-order valence-electron chi connectivity index (χ0n) is 10.3. The zero-order valence-corrected chi connectivity index (χ0v) is 10.3. The summed E-state index contributed by atoms with van der Waals surface area (Å²) in [4.78, 5) is 15.4.